The average molecular weight is 511 g/mol. The van der Waals surface area contributed by atoms with Crippen molar-refractivity contribution in [1.29, 1.82) is 5.26 Å². The molecule has 0 spiro atoms. The summed E-state index contributed by atoms with van der Waals surface area (Å²) >= 11 is 0. The molecule has 2 N–H and O–H groups in total. The topological polar surface area (TPSA) is 165 Å². The van der Waals surface area contributed by atoms with E-state index in [9.17, 15) is 20.2 Å². The van der Waals surface area contributed by atoms with Gasteiger partial charge in [-0.2, -0.15) is 5.26 Å². The maximum Gasteiger partial charge on any atom is 0.311 e. The lowest BCUT2D eigenvalue weighted by molar-refractivity contribution is -0.385. The first-order chi connectivity index (χ1) is 18.4. The molecule has 190 valence electrons. The summed E-state index contributed by atoms with van der Waals surface area (Å²) in [6, 6.07) is 13.6. The minimum atomic E-state index is -0.534. The van der Waals surface area contributed by atoms with Crippen molar-refractivity contribution in [2.45, 2.75) is 19.4 Å². The number of aromatic nitrogens is 3. The minimum Gasteiger partial charge on any atom is -0.481 e. The fourth-order valence-corrected chi connectivity index (χ4v) is 4.06. The van der Waals surface area contributed by atoms with E-state index in [0.29, 0.717) is 53.2 Å². The number of carbonyl (C=O) groups is 1. The van der Waals surface area contributed by atoms with Gasteiger partial charge in [0.15, 0.2) is 5.75 Å². The van der Waals surface area contributed by atoms with E-state index >= 15 is 0 Å². The van der Waals surface area contributed by atoms with Crippen LogP contribution in [0.2, 0.25) is 0 Å². The Morgan fingerprint density at radius 1 is 1.24 bits per heavy atom. The number of aryl methyl sites for hydroxylation is 1. The first kappa shape index (κ1) is 24.5. The summed E-state index contributed by atoms with van der Waals surface area (Å²) in [4.78, 5) is 36.5. The summed E-state index contributed by atoms with van der Waals surface area (Å²) in [5.74, 6) is -0.181. The highest BCUT2D eigenvalue weighted by Gasteiger charge is 2.25. The number of nitrogens with zero attached hydrogens (tertiary/aromatic N) is 5. The average Bonchev–Trinajstić information content (AvgIpc) is 3.43. The number of pyridine rings is 1. The van der Waals surface area contributed by atoms with E-state index < -0.39 is 4.92 Å². The smallest absolute Gasteiger partial charge is 0.311 e. The normalized spacial score (nSPS) is 14.6. The number of carbonyl (C=O) groups excluding carboxylic acids is 1. The Morgan fingerprint density at radius 3 is 2.66 bits per heavy atom. The number of ether oxygens (including phenoxy) is 2. The first-order valence-corrected chi connectivity index (χ1v) is 11.7. The lowest BCUT2D eigenvalue weighted by Gasteiger charge is -2.16. The van der Waals surface area contributed by atoms with Gasteiger partial charge in [-0.1, -0.05) is 18.2 Å². The lowest BCUT2D eigenvalue weighted by atomic mass is 10.1. The molecule has 0 aliphatic carbocycles. The molecule has 4 aromatic rings. The van der Waals surface area contributed by atoms with Crippen molar-refractivity contribution in [2.75, 3.05) is 23.8 Å². The largest absolute Gasteiger partial charge is 0.481 e. The van der Waals surface area contributed by atoms with Gasteiger partial charge in [-0.3, -0.25) is 25.2 Å². The van der Waals surface area contributed by atoms with Gasteiger partial charge in [0.25, 0.3) is 5.91 Å². The van der Waals surface area contributed by atoms with Crippen LogP contribution >= 0.6 is 0 Å². The van der Waals surface area contributed by atoms with Crippen LogP contribution in [-0.2, 0) is 4.74 Å². The molecule has 38 heavy (non-hydrogen) atoms. The SMILES string of the molecule is Cc1nc2cc(OC3CCOC3)c([N+](=O)[O-])cc2c(Nc2cnc(NC(=O)c3ccccc3)nc2)c1C#N. The molecule has 1 saturated heterocycles. The predicted molar refractivity (Wildman–Crippen MR) is 137 cm³/mol. The second-order valence-corrected chi connectivity index (χ2v) is 8.50. The Kier molecular flexibility index (Phi) is 6.75. The number of anilines is 3. The van der Waals surface area contributed by atoms with Crippen molar-refractivity contribution in [2.24, 2.45) is 0 Å². The highest BCUT2D eigenvalue weighted by atomic mass is 16.6. The molecule has 1 amide bonds. The molecular weight excluding hydrogens is 490 g/mol. The quantitative estimate of drug-likeness (QED) is 0.270. The van der Waals surface area contributed by atoms with E-state index in [4.69, 9.17) is 9.47 Å². The highest BCUT2D eigenvalue weighted by molar-refractivity contribution is 6.03. The van der Waals surface area contributed by atoms with Crippen LogP contribution in [0.5, 0.6) is 5.75 Å². The van der Waals surface area contributed by atoms with Gasteiger partial charge in [-0.25, -0.2) is 9.97 Å². The van der Waals surface area contributed by atoms with Crippen molar-refractivity contribution in [3.63, 3.8) is 0 Å². The molecule has 5 rings (SSSR count). The monoisotopic (exact) mass is 511 g/mol. The van der Waals surface area contributed by atoms with E-state index in [-0.39, 0.29) is 35.0 Å². The highest BCUT2D eigenvalue weighted by Crippen LogP contribution is 2.38. The van der Waals surface area contributed by atoms with Crippen LogP contribution in [-0.4, -0.2) is 45.1 Å². The van der Waals surface area contributed by atoms with Gasteiger partial charge in [-0.05, 0) is 19.1 Å². The van der Waals surface area contributed by atoms with E-state index in [0.717, 1.165) is 0 Å². The number of hydrogen-bond donors (Lipinski definition) is 2. The molecular formula is C26H21N7O5. The first-order valence-electron chi connectivity index (χ1n) is 11.7. The van der Waals surface area contributed by atoms with Crippen molar-refractivity contribution in [3.05, 3.63) is 81.8 Å². The summed E-state index contributed by atoms with van der Waals surface area (Å²) in [7, 11) is 0. The van der Waals surface area contributed by atoms with Crippen LogP contribution < -0.4 is 15.4 Å². The molecule has 0 saturated carbocycles. The maximum atomic E-state index is 12.4. The van der Waals surface area contributed by atoms with Gasteiger partial charge in [0, 0.05) is 29.5 Å². The number of fused-ring (bicyclic) bond motifs is 1. The fourth-order valence-electron chi connectivity index (χ4n) is 4.06. The van der Waals surface area contributed by atoms with Crippen molar-refractivity contribution >= 4 is 39.8 Å². The number of amides is 1. The van der Waals surface area contributed by atoms with E-state index in [1.807, 2.05) is 0 Å². The Balaban J connectivity index is 1.48. The molecule has 0 bridgehead atoms. The van der Waals surface area contributed by atoms with Gasteiger partial charge >= 0.3 is 5.69 Å². The third-order valence-corrected chi connectivity index (χ3v) is 5.92. The Hall–Kier alpha value is -5.15. The number of benzene rings is 2. The van der Waals surface area contributed by atoms with Crippen LogP contribution in [0.15, 0.2) is 54.9 Å². The number of nitro benzene ring substituents is 1. The van der Waals surface area contributed by atoms with Crippen molar-refractivity contribution < 1.29 is 19.2 Å². The second kappa shape index (κ2) is 10.5. The predicted octanol–water partition coefficient (Wildman–Crippen LogP) is 4.28. The molecule has 12 nitrogen and oxygen atoms in total. The van der Waals surface area contributed by atoms with E-state index in [2.05, 4.69) is 31.7 Å². The number of nitriles is 1. The molecule has 1 atom stereocenters. The van der Waals surface area contributed by atoms with Crippen LogP contribution in [0, 0.1) is 28.4 Å². The van der Waals surface area contributed by atoms with Crippen LogP contribution in [0.25, 0.3) is 10.9 Å². The molecule has 0 radical (unpaired) electrons. The molecule has 3 heterocycles. The molecule has 2 aromatic heterocycles. The molecule has 1 aliphatic heterocycles. The molecule has 1 aliphatic rings. The molecule has 1 fully saturated rings. The zero-order chi connectivity index (χ0) is 26.6. The lowest BCUT2D eigenvalue weighted by Crippen LogP contribution is -2.16. The van der Waals surface area contributed by atoms with Crippen LogP contribution in [0.4, 0.5) is 23.0 Å². The van der Waals surface area contributed by atoms with Gasteiger partial charge in [0.05, 0.1) is 58.7 Å². The molecule has 2 aromatic carbocycles. The summed E-state index contributed by atoms with van der Waals surface area (Å²) in [6.07, 6.45) is 3.20. The van der Waals surface area contributed by atoms with Gasteiger partial charge in [0.1, 0.15) is 12.2 Å². The van der Waals surface area contributed by atoms with E-state index in [1.54, 1.807) is 37.3 Å². The summed E-state index contributed by atoms with van der Waals surface area (Å²) in [5.41, 5.74) is 1.98. The Labute approximate surface area is 216 Å². The van der Waals surface area contributed by atoms with Crippen molar-refractivity contribution in [3.8, 4) is 11.8 Å². The third kappa shape index (κ3) is 5.04. The van der Waals surface area contributed by atoms with Crippen molar-refractivity contribution in [1.82, 2.24) is 15.0 Å². The summed E-state index contributed by atoms with van der Waals surface area (Å²) in [6.45, 7) is 2.55. The van der Waals surface area contributed by atoms with Gasteiger partial charge in [0.2, 0.25) is 5.95 Å². The summed E-state index contributed by atoms with van der Waals surface area (Å²) < 4.78 is 11.2. The zero-order valence-electron chi connectivity index (χ0n) is 20.2. The minimum absolute atomic E-state index is 0.0856. The number of nitrogens with one attached hydrogen (secondary N) is 2. The second-order valence-electron chi connectivity index (χ2n) is 8.50. The third-order valence-electron chi connectivity index (χ3n) is 5.92. The summed E-state index contributed by atoms with van der Waals surface area (Å²) in [5, 5.41) is 27.8. The standard InChI is InChI=1S/C26H21N7O5/c1-15-20(11-27)24(31-17-12-28-26(29-13-17)32-25(34)16-5-3-2-4-6-16)19-9-22(33(35)36)23(10-21(19)30-15)38-18-7-8-37-14-18/h2-6,9-10,12-13,18H,7-8,14H2,1H3,(H,30,31)(H,28,29,32,34). The Bertz CT molecular complexity index is 1560. The Morgan fingerprint density at radius 2 is 2.00 bits per heavy atom. The van der Waals surface area contributed by atoms with E-state index in [1.165, 1.54) is 24.5 Å². The maximum absolute atomic E-state index is 12.4. The number of rotatable bonds is 7. The number of nitro groups is 1. The molecule has 1 unspecified atom stereocenters. The van der Waals surface area contributed by atoms with Gasteiger partial charge in [-0.15, -0.1) is 0 Å². The van der Waals surface area contributed by atoms with Crippen LogP contribution in [0.3, 0.4) is 0 Å². The fraction of sp³-hybridized carbons (Fsp3) is 0.192. The number of hydrogen-bond acceptors (Lipinski definition) is 10. The van der Waals surface area contributed by atoms with Crippen LogP contribution in [0.1, 0.15) is 28.0 Å². The van der Waals surface area contributed by atoms with Gasteiger partial charge < -0.3 is 14.8 Å². The molecule has 12 heteroatoms. The zero-order valence-corrected chi connectivity index (χ0v) is 20.2.